The lowest BCUT2D eigenvalue weighted by atomic mass is 10.1. The van der Waals surface area contributed by atoms with Crippen LogP contribution in [0.2, 0.25) is 0 Å². The number of hydrogen-bond acceptors (Lipinski definition) is 2. The molecule has 4 heteroatoms. The quantitative estimate of drug-likeness (QED) is 0.794. The first-order valence-electron chi connectivity index (χ1n) is 5.71. The fourth-order valence-corrected chi connectivity index (χ4v) is 1.94. The van der Waals surface area contributed by atoms with Crippen LogP contribution in [-0.4, -0.2) is 34.3 Å². The van der Waals surface area contributed by atoms with Gasteiger partial charge in [-0.2, -0.15) is 0 Å². The summed E-state index contributed by atoms with van der Waals surface area (Å²) in [6.07, 6.45) is 1.95. The molecule has 2 heterocycles. The number of amides is 1. The molecule has 4 nitrogen and oxygen atoms in total. The van der Waals surface area contributed by atoms with E-state index >= 15 is 0 Å². The Morgan fingerprint density at radius 2 is 2.06 bits per heavy atom. The zero-order chi connectivity index (χ0) is 12.6. The second-order valence-corrected chi connectivity index (χ2v) is 4.63. The molecule has 0 aliphatic rings. The maximum atomic E-state index is 12.1. The highest BCUT2D eigenvalue weighted by molar-refractivity contribution is 5.94. The lowest BCUT2D eigenvalue weighted by molar-refractivity contribution is 0.0821. The van der Waals surface area contributed by atoms with Crippen molar-refractivity contribution in [3.05, 3.63) is 35.8 Å². The van der Waals surface area contributed by atoms with Crippen LogP contribution in [-0.2, 0) is 0 Å². The summed E-state index contributed by atoms with van der Waals surface area (Å²) in [6.45, 7) is 4.14. The monoisotopic (exact) mass is 231 g/mol. The van der Waals surface area contributed by atoms with E-state index in [1.807, 2.05) is 28.8 Å². The number of imidazole rings is 1. The first-order chi connectivity index (χ1) is 8.02. The van der Waals surface area contributed by atoms with E-state index in [4.69, 9.17) is 0 Å². The maximum Gasteiger partial charge on any atom is 0.273 e. The van der Waals surface area contributed by atoms with Gasteiger partial charge >= 0.3 is 0 Å². The van der Waals surface area contributed by atoms with E-state index in [0.717, 1.165) is 11.3 Å². The molecule has 0 fully saturated rings. The highest BCUT2D eigenvalue weighted by Gasteiger charge is 2.21. The van der Waals surface area contributed by atoms with E-state index in [1.165, 1.54) is 0 Å². The van der Waals surface area contributed by atoms with Gasteiger partial charge in [0.15, 0.2) is 5.69 Å². The van der Waals surface area contributed by atoms with E-state index in [1.54, 1.807) is 19.0 Å². The Balaban J connectivity index is 2.70. The summed E-state index contributed by atoms with van der Waals surface area (Å²) in [4.78, 5) is 18.1. The van der Waals surface area contributed by atoms with Gasteiger partial charge in [0.25, 0.3) is 5.91 Å². The molecule has 0 unspecified atom stereocenters. The minimum Gasteiger partial charge on any atom is -0.343 e. The molecule has 0 saturated heterocycles. The summed E-state index contributed by atoms with van der Waals surface area (Å²) in [5, 5.41) is 0. The highest BCUT2D eigenvalue weighted by atomic mass is 16.2. The minimum absolute atomic E-state index is 0.0441. The third-order valence-corrected chi connectivity index (χ3v) is 2.72. The number of carbonyl (C=O) groups is 1. The predicted octanol–water partition coefficient (Wildman–Crippen LogP) is 2.16. The topological polar surface area (TPSA) is 37.6 Å². The molecule has 2 aromatic rings. The molecule has 0 aromatic carbocycles. The second-order valence-electron chi connectivity index (χ2n) is 4.63. The van der Waals surface area contributed by atoms with Crippen LogP contribution >= 0.6 is 0 Å². The molecular formula is C13H17N3O. The van der Waals surface area contributed by atoms with Crippen molar-refractivity contribution < 1.29 is 4.79 Å². The van der Waals surface area contributed by atoms with E-state index in [0.29, 0.717) is 5.69 Å². The van der Waals surface area contributed by atoms with Gasteiger partial charge in [-0.05, 0) is 18.1 Å². The molecule has 0 N–H and O–H groups in total. The van der Waals surface area contributed by atoms with Crippen LogP contribution in [0.15, 0.2) is 24.4 Å². The predicted molar refractivity (Wildman–Crippen MR) is 67.3 cm³/mol. The Morgan fingerprint density at radius 1 is 1.35 bits per heavy atom. The summed E-state index contributed by atoms with van der Waals surface area (Å²) in [5.74, 6) is 0.212. The molecule has 2 aromatic heterocycles. The first-order valence-corrected chi connectivity index (χ1v) is 5.71. The van der Waals surface area contributed by atoms with E-state index in [2.05, 4.69) is 18.8 Å². The van der Waals surface area contributed by atoms with Crippen molar-refractivity contribution in [3.8, 4) is 0 Å². The van der Waals surface area contributed by atoms with Crippen molar-refractivity contribution in [2.24, 2.45) is 0 Å². The van der Waals surface area contributed by atoms with Crippen molar-refractivity contribution in [2.75, 3.05) is 14.1 Å². The summed E-state index contributed by atoms with van der Waals surface area (Å²) in [6, 6.07) is 5.79. The van der Waals surface area contributed by atoms with Gasteiger partial charge in [-0.25, -0.2) is 4.98 Å². The average Bonchev–Trinajstić information content (AvgIpc) is 2.66. The Morgan fingerprint density at radius 3 is 2.65 bits per heavy atom. The zero-order valence-corrected chi connectivity index (χ0v) is 10.6. The third-order valence-electron chi connectivity index (χ3n) is 2.72. The Hall–Kier alpha value is -1.84. The lowest BCUT2D eigenvalue weighted by Crippen LogP contribution is -2.23. The maximum absolute atomic E-state index is 12.1. The summed E-state index contributed by atoms with van der Waals surface area (Å²) >= 11 is 0. The number of rotatable bonds is 2. The Kier molecular flexibility index (Phi) is 2.88. The SMILES string of the molecule is CC(C)c1c(C(=O)N(C)C)nc2ccccn12. The van der Waals surface area contributed by atoms with Crippen LogP contribution in [0.3, 0.4) is 0 Å². The van der Waals surface area contributed by atoms with Crippen LogP contribution in [0.5, 0.6) is 0 Å². The fourth-order valence-electron chi connectivity index (χ4n) is 1.94. The van der Waals surface area contributed by atoms with E-state index < -0.39 is 0 Å². The molecular weight excluding hydrogens is 214 g/mol. The number of fused-ring (bicyclic) bond motifs is 1. The number of nitrogens with zero attached hydrogens (tertiary/aromatic N) is 3. The summed E-state index contributed by atoms with van der Waals surface area (Å²) in [7, 11) is 3.49. The molecule has 0 aliphatic carbocycles. The molecule has 0 saturated carbocycles. The molecule has 0 atom stereocenters. The highest BCUT2D eigenvalue weighted by Crippen LogP contribution is 2.22. The van der Waals surface area contributed by atoms with Gasteiger partial charge in [-0.1, -0.05) is 19.9 Å². The van der Waals surface area contributed by atoms with Gasteiger partial charge in [-0.15, -0.1) is 0 Å². The molecule has 2 rings (SSSR count). The van der Waals surface area contributed by atoms with Gasteiger partial charge in [-0.3, -0.25) is 4.79 Å². The smallest absolute Gasteiger partial charge is 0.273 e. The fraction of sp³-hybridized carbons (Fsp3) is 0.385. The number of pyridine rings is 1. The van der Waals surface area contributed by atoms with Gasteiger partial charge in [0.2, 0.25) is 0 Å². The Bertz CT molecular complexity index is 555. The van der Waals surface area contributed by atoms with E-state index in [9.17, 15) is 4.79 Å². The number of carbonyl (C=O) groups excluding carboxylic acids is 1. The average molecular weight is 231 g/mol. The normalized spacial score (nSPS) is 11.1. The molecule has 0 aliphatic heterocycles. The molecule has 90 valence electrons. The molecule has 1 amide bonds. The third kappa shape index (κ3) is 1.90. The standard InChI is InChI=1S/C13H17N3O/c1-9(2)12-11(13(17)15(3)4)14-10-7-5-6-8-16(10)12/h5-9H,1-4H3. The Labute approximate surface area is 101 Å². The molecule has 0 bridgehead atoms. The first kappa shape index (κ1) is 11.6. The van der Waals surface area contributed by atoms with Gasteiger partial charge in [0.05, 0.1) is 5.69 Å². The van der Waals surface area contributed by atoms with Gasteiger partial charge in [0.1, 0.15) is 5.65 Å². The van der Waals surface area contributed by atoms with Crippen LogP contribution in [0.25, 0.3) is 5.65 Å². The molecule has 17 heavy (non-hydrogen) atoms. The zero-order valence-electron chi connectivity index (χ0n) is 10.6. The second kappa shape index (κ2) is 4.20. The van der Waals surface area contributed by atoms with Crippen LogP contribution in [0.1, 0.15) is 35.9 Å². The van der Waals surface area contributed by atoms with Crippen molar-refractivity contribution >= 4 is 11.6 Å². The largest absolute Gasteiger partial charge is 0.343 e. The molecule has 0 radical (unpaired) electrons. The lowest BCUT2D eigenvalue weighted by Gasteiger charge is -2.11. The van der Waals surface area contributed by atoms with Gasteiger partial charge in [0, 0.05) is 20.3 Å². The van der Waals surface area contributed by atoms with Gasteiger partial charge < -0.3 is 9.30 Å². The number of aromatic nitrogens is 2. The van der Waals surface area contributed by atoms with Crippen molar-refractivity contribution in [3.63, 3.8) is 0 Å². The number of hydrogen-bond donors (Lipinski definition) is 0. The van der Waals surface area contributed by atoms with Crippen LogP contribution in [0, 0.1) is 0 Å². The van der Waals surface area contributed by atoms with Crippen molar-refractivity contribution in [1.29, 1.82) is 0 Å². The van der Waals surface area contributed by atoms with Crippen LogP contribution in [0.4, 0.5) is 0 Å². The summed E-state index contributed by atoms with van der Waals surface area (Å²) in [5.41, 5.74) is 2.34. The minimum atomic E-state index is -0.0441. The van der Waals surface area contributed by atoms with E-state index in [-0.39, 0.29) is 11.8 Å². The summed E-state index contributed by atoms with van der Waals surface area (Å²) < 4.78 is 1.99. The van der Waals surface area contributed by atoms with Crippen molar-refractivity contribution in [2.45, 2.75) is 19.8 Å². The van der Waals surface area contributed by atoms with Crippen LogP contribution < -0.4 is 0 Å². The van der Waals surface area contributed by atoms with Crippen molar-refractivity contribution in [1.82, 2.24) is 14.3 Å². The molecule has 0 spiro atoms.